The largest absolute Gasteiger partial charge is 0.491 e. The fraction of sp³-hybridized carbons (Fsp3) is 0.250. The number of ether oxygens (including phenoxy) is 1. The topological polar surface area (TPSA) is 75.7 Å². The summed E-state index contributed by atoms with van der Waals surface area (Å²) in [5, 5.41) is 3.04. The number of nitrogens with one attached hydrogen (secondary N) is 1. The third kappa shape index (κ3) is 4.13. The van der Waals surface area contributed by atoms with Crippen molar-refractivity contribution in [3.8, 4) is 5.75 Å². The molecule has 0 atom stereocenters. The second-order valence-corrected chi connectivity index (χ2v) is 7.07. The van der Waals surface area contributed by atoms with Gasteiger partial charge in [0.1, 0.15) is 12.3 Å². The molecule has 2 aromatic carbocycles. The number of benzene rings is 2. The van der Waals surface area contributed by atoms with Crippen molar-refractivity contribution in [2.24, 2.45) is 0 Å². The van der Waals surface area contributed by atoms with Gasteiger partial charge < -0.3 is 10.1 Å². The van der Waals surface area contributed by atoms with Crippen molar-refractivity contribution < 1.29 is 19.1 Å². The fourth-order valence-electron chi connectivity index (χ4n) is 2.78. The lowest BCUT2D eigenvalue weighted by molar-refractivity contribution is -0.116. The van der Waals surface area contributed by atoms with Gasteiger partial charge in [-0.15, -0.1) is 0 Å². The molecule has 1 heterocycles. The van der Waals surface area contributed by atoms with Gasteiger partial charge in [-0.3, -0.25) is 19.3 Å². The Kier molecular flexibility index (Phi) is 6.21. The van der Waals surface area contributed by atoms with E-state index in [9.17, 15) is 14.4 Å². The van der Waals surface area contributed by atoms with E-state index in [1.807, 2.05) is 0 Å². The Balaban J connectivity index is 1.71. The van der Waals surface area contributed by atoms with Crippen molar-refractivity contribution in [1.82, 2.24) is 4.90 Å². The van der Waals surface area contributed by atoms with Gasteiger partial charge in [0, 0.05) is 0 Å². The first-order chi connectivity index (χ1) is 13.4. The molecule has 6 nitrogen and oxygen atoms in total. The number of hydrogen-bond donors (Lipinski definition) is 1. The maximum atomic E-state index is 12.5. The lowest BCUT2D eigenvalue weighted by atomic mass is 10.1. The summed E-state index contributed by atoms with van der Waals surface area (Å²) in [7, 11) is 0. The van der Waals surface area contributed by atoms with Crippen LogP contribution in [-0.4, -0.2) is 35.8 Å². The molecule has 146 valence electrons. The van der Waals surface area contributed by atoms with Gasteiger partial charge >= 0.3 is 0 Å². The number of anilines is 1. The molecule has 1 aliphatic rings. The second kappa shape index (κ2) is 8.63. The highest BCUT2D eigenvalue weighted by molar-refractivity contribution is 6.43. The zero-order valence-corrected chi connectivity index (χ0v) is 16.6. The molecule has 0 fully saturated rings. The average molecular weight is 421 g/mol. The molecule has 0 aliphatic carbocycles. The number of unbranched alkanes of at least 4 members (excludes halogenated alkanes) is 1. The molecule has 2 aromatic rings. The molecular weight excluding hydrogens is 403 g/mol. The van der Waals surface area contributed by atoms with Crippen molar-refractivity contribution in [2.75, 3.05) is 18.5 Å². The summed E-state index contributed by atoms with van der Waals surface area (Å²) >= 11 is 11.9. The van der Waals surface area contributed by atoms with Crippen LogP contribution in [0, 0.1) is 0 Å². The van der Waals surface area contributed by atoms with Gasteiger partial charge in [-0.1, -0.05) is 48.7 Å². The monoisotopic (exact) mass is 420 g/mol. The quantitative estimate of drug-likeness (QED) is 0.531. The van der Waals surface area contributed by atoms with Gasteiger partial charge in [0.15, 0.2) is 0 Å². The van der Waals surface area contributed by atoms with Crippen molar-refractivity contribution in [2.45, 2.75) is 19.8 Å². The Hall–Kier alpha value is -2.57. The van der Waals surface area contributed by atoms with E-state index in [0.29, 0.717) is 18.0 Å². The van der Waals surface area contributed by atoms with Crippen molar-refractivity contribution in [1.29, 1.82) is 0 Å². The van der Waals surface area contributed by atoms with Crippen LogP contribution in [0.2, 0.25) is 10.0 Å². The van der Waals surface area contributed by atoms with Crippen LogP contribution in [0.15, 0.2) is 36.4 Å². The van der Waals surface area contributed by atoms with Crippen LogP contribution >= 0.6 is 23.2 Å². The molecule has 3 rings (SSSR count). The zero-order valence-electron chi connectivity index (χ0n) is 15.1. The van der Waals surface area contributed by atoms with Crippen LogP contribution < -0.4 is 10.1 Å². The lowest BCUT2D eigenvalue weighted by Gasteiger charge is -2.15. The number of fused-ring (bicyclic) bond motifs is 1. The zero-order chi connectivity index (χ0) is 20.3. The molecule has 8 heteroatoms. The Morgan fingerprint density at radius 1 is 1.07 bits per heavy atom. The van der Waals surface area contributed by atoms with E-state index in [-0.39, 0.29) is 21.2 Å². The molecule has 0 saturated carbocycles. The van der Waals surface area contributed by atoms with Gasteiger partial charge in [0.25, 0.3) is 11.8 Å². The first-order valence-corrected chi connectivity index (χ1v) is 9.55. The van der Waals surface area contributed by atoms with Crippen molar-refractivity contribution >= 4 is 46.6 Å². The van der Waals surface area contributed by atoms with Gasteiger partial charge in [-0.2, -0.15) is 0 Å². The number of halogens is 2. The van der Waals surface area contributed by atoms with E-state index in [0.717, 1.165) is 17.7 Å². The summed E-state index contributed by atoms with van der Waals surface area (Å²) in [6.07, 6.45) is 1.88. The highest BCUT2D eigenvalue weighted by atomic mass is 35.5. The molecule has 0 saturated heterocycles. The summed E-state index contributed by atoms with van der Waals surface area (Å²) < 4.78 is 5.68. The summed E-state index contributed by atoms with van der Waals surface area (Å²) in [4.78, 5) is 38.3. The predicted octanol–water partition coefficient (Wildman–Crippen LogP) is 4.41. The van der Waals surface area contributed by atoms with Crippen molar-refractivity contribution in [3.05, 3.63) is 57.6 Å². The Bertz CT molecular complexity index is 905. The van der Waals surface area contributed by atoms with Crippen LogP contribution in [0.1, 0.15) is 40.5 Å². The molecule has 0 bridgehead atoms. The molecule has 0 spiro atoms. The smallest absolute Gasteiger partial charge is 0.262 e. The van der Waals surface area contributed by atoms with Gasteiger partial charge in [0.2, 0.25) is 5.91 Å². The molecule has 1 N–H and O–H groups in total. The van der Waals surface area contributed by atoms with E-state index >= 15 is 0 Å². The Labute approximate surface area is 172 Å². The number of imide groups is 1. The first-order valence-electron chi connectivity index (χ1n) is 8.79. The van der Waals surface area contributed by atoms with Crippen LogP contribution in [0.3, 0.4) is 0 Å². The molecule has 3 amide bonds. The first kappa shape index (κ1) is 20.2. The number of hydrogen-bond acceptors (Lipinski definition) is 4. The molecule has 0 aromatic heterocycles. The molecule has 0 radical (unpaired) electrons. The summed E-state index contributed by atoms with van der Waals surface area (Å²) in [5.74, 6) is -1.15. The van der Waals surface area contributed by atoms with Gasteiger partial charge in [-0.05, 0) is 30.7 Å². The van der Waals surface area contributed by atoms with Gasteiger partial charge in [0.05, 0.1) is 33.5 Å². The van der Waals surface area contributed by atoms with Crippen molar-refractivity contribution in [3.63, 3.8) is 0 Å². The molecular formula is C20H18Cl2N2O4. The minimum atomic E-state index is -0.582. The molecule has 0 unspecified atom stereocenters. The summed E-state index contributed by atoms with van der Waals surface area (Å²) in [5.41, 5.74) is 0.747. The van der Waals surface area contributed by atoms with E-state index in [1.54, 1.807) is 24.3 Å². The van der Waals surface area contributed by atoms with E-state index < -0.39 is 24.3 Å². The normalized spacial score (nSPS) is 12.9. The number of nitrogens with zero attached hydrogens (tertiary/aromatic N) is 1. The van der Waals surface area contributed by atoms with E-state index in [4.69, 9.17) is 27.9 Å². The second-order valence-electron chi connectivity index (χ2n) is 6.25. The molecule has 1 aliphatic heterocycles. The standard InChI is InChI=1S/C20H18Cl2N2O4/c1-2-3-8-28-17-7-5-4-6-16(17)23-18(25)11-24-19(26)12-9-14(21)15(22)10-13(12)20(24)27/h4-7,9-10H,2-3,8,11H2,1H3,(H,23,25). The van der Waals surface area contributed by atoms with Crippen LogP contribution in [0.5, 0.6) is 5.75 Å². The van der Waals surface area contributed by atoms with Crippen LogP contribution in [0.4, 0.5) is 5.69 Å². The number of rotatable bonds is 7. The summed E-state index contributed by atoms with van der Waals surface area (Å²) in [6.45, 7) is 2.16. The lowest BCUT2D eigenvalue weighted by Crippen LogP contribution is -2.37. The number of amides is 3. The highest BCUT2D eigenvalue weighted by Gasteiger charge is 2.37. The number of carbonyl (C=O) groups excluding carboxylic acids is 3. The maximum absolute atomic E-state index is 12.5. The minimum Gasteiger partial charge on any atom is -0.491 e. The minimum absolute atomic E-state index is 0.135. The van der Waals surface area contributed by atoms with Crippen LogP contribution in [0.25, 0.3) is 0 Å². The van der Waals surface area contributed by atoms with Gasteiger partial charge in [-0.25, -0.2) is 0 Å². The maximum Gasteiger partial charge on any atom is 0.262 e. The fourth-order valence-corrected chi connectivity index (χ4v) is 3.11. The highest BCUT2D eigenvalue weighted by Crippen LogP contribution is 2.31. The molecule has 28 heavy (non-hydrogen) atoms. The van der Waals surface area contributed by atoms with E-state index in [2.05, 4.69) is 12.2 Å². The third-order valence-electron chi connectivity index (χ3n) is 4.23. The van der Waals surface area contributed by atoms with E-state index in [1.165, 1.54) is 12.1 Å². The predicted molar refractivity (Wildman–Crippen MR) is 107 cm³/mol. The third-order valence-corrected chi connectivity index (χ3v) is 4.95. The van der Waals surface area contributed by atoms with Crippen LogP contribution in [-0.2, 0) is 4.79 Å². The summed E-state index contributed by atoms with van der Waals surface area (Å²) in [6, 6.07) is 9.68. The number of para-hydroxylation sites is 2. The average Bonchev–Trinajstić information content (AvgIpc) is 2.88. The Morgan fingerprint density at radius 3 is 2.29 bits per heavy atom. The SMILES string of the molecule is CCCCOc1ccccc1NC(=O)CN1C(=O)c2cc(Cl)c(Cl)cc2C1=O. The number of carbonyl (C=O) groups is 3. The Morgan fingerprint density at radius 2 is 1.68 bits per heavy atom.